The van der Waals surface area contributed by atoms with Crippen molar-refractivity contribution >= 4 is 29.5 Å². The van der Waals surface area contributed by atoms with E-state index in [1.807, 2.05) is 24.3 Å². The first-order valence-electron chi connectivity index (χ1n) is 5.75. The van der Waals surface area contributed by atoms with Crippen LogP contribution in [0.4, 0.5) is 6.01 Å². The Labute approximate surface area is 106 Å². The molecule has 1 aromatic carbocycles. The molecule has 2 N–H and O–H groups in total. The number of aromatic nitrogens is 1. The van der Waals surface area contributed by atoms with Gasteiger partial charge in [0.15, 0.2) is 5.58 Å². The number of halogens is 1. The van der Waals surface area contributed by atoms with Gasteiger partial charge < -0.3 is 15.1 Å². The number of fused-ring (bicyclic) bond motifs is 1. The smallest absolute Gasteiger partial charge is 0.295 e. The average Bonchev–Trinajstić information content (AvgIpc) is 2.72. The lowest BCUT2D eigenvalue weighted by atomic mass is 10.1. The summed E-state index contributed by atoms with van der Waals surface area (Å²) in [7, 11) is 0. The number of oxazole rings is 1. The third-order valence-electron chi connectivity index (χ3n) is 2.96. The zero-order valence-electron chi connectivity index (χ0n) is 9.48. The van der Waals surface area contributed by atoms with Crippen molar-refractivity contribution in [2.24, 2.45) is 0 Å². The maximum atomic E-state index is 5.63. The molecule has 2 aromatic rings. The molecule has 1 aliphatic heterocycles. The van der Waals surface area contributed by atoms with E-state index in [-0.39, 0.29) is 12.4 Å². The second-order valence-corrected chi connectivity index (χ2v) is 4.16. The van der Waals surface area contributed by atoms with Crippen LogP contribution in [0.15, 0.2) is 28.7 Å². The molecule has 0 saturated carbocycles. The molecule has 3 rings (SSSR count). The minimum Gasteiger partial charge on any atom is -0.424 e. The molecule has 0 bridgehead atoms. The van der Waals surface area contributed by atoms with E-state index in [2.05, 4.69) is 15.6 Å². The standard InChI is InChI=1S/C12H15N3O.ClH/c1-2-4-11-10(3-1)15-12(16-11)14-9-5-7-13-8-6-9;/h1-4,9,13H,5-8H2,(H,14,15);1H. The molecule has 0 atom stereocenters. The zero-order chi connectivity index (χ0) is 10.8. The third kappa shape index (κ3) is 2.70. The first-order chi connectivity index (χ1) is 7.92. The molecular formula is C12H16ClN3O. The minimum atomic E-state index is 0. The Balaban J connectivity index is 0.00000108. The minimum absolute atomic E-state index is 0. The van der Waals surface area contributed by atoms with Gasteiger partial charge in [-0.05, 0) is 38.1 Å². The Kier molecular flexibility index (Phi) is 3.86. The van der Waals surface area contributed by atoms with Crippen molar-refractivity contribution in [2.45, 2.75) is 18.9 Å². The highest BCUT2D eigenvalue weighted by atomic mass is 35.5. The number of nitrogens with zero attached hydrogens (tertiary/aromatic N) is 1. The van der Waals surface area contributed by atoms with Crippen molar-refractivity contribution in [2.75, 3.05) is 18.4 Å². The molecule has 5 heteroatoms. The summed E-state index contributed by atoms with van der Waals surface area (Å²) in [5.41, 5.74) is 1.76. The van der Waals surface area contributed by atoms with E-state index in [0.717, 1.165) is 37.0 Å². The molecule has 1 aliphatic rings. The summed E-state index contributed by atoms with van der Waals surface area (Å²) in [6, 6.07) is 8.96. The highest BCUT2D eigenvalue weighted by Crippen LogP contribution is 2.20. The number of nitrogens with one attached hydrogen (secondary N) is 2. The fourth-order valence-corrected chi connectivity index (χ4v) is 2.07. The van der Waals surface area contributed by atoms with Crippen LogP contribution in [0, 0.1) is 0 Å². The highest BCUT2D eigenvalue weighted by molar-refractivity contribution is 5.85. The predicted molar refractivity (Wildman–Crippen MR) is 70.8 cm³/mol. The monoisotopic (exact) mass is 253 g/mol. The Morgan fingerprint density at radius 1 is 1.24 bits per heavy atom. The van der Waals surface area contributed by atoms with E-state index in [0.29, 0.717) is 12.1 Å². The second kappa shape index (κ2) is 5.38. The quantitative estimate of drug-likeness (QED) is 0.863. The molecule has 0 unspecified atom stereocenters. The van der Waals surface area contributed by atoms with Crippen LogP contribution in [0.25, 0.3) is 11.1 Å². The van der Waals surface area contributed by atoms with Crippen molar-refractivity contribution < 1.29 is 4.42 Å². The molecule has 92 valence electrons. The van der Waals surface area contributed by atoms with Crippen LogP contribution < -0.4 is 10.6 Å². The van der Waals surface area contributed by atoms with Crippen molar-refractivity contribution in [3.8, 4) is 0 Å². The lowest BCUT2D eigenvalue weighted by Crippen LogP contribution is -2.35. The molecule has 1 aromatic heterocycles. The van der Waals surface area contributed by atoms with Crippen LogP contribution >= 0.6 is 12.4 Å². The summed E-state index contributed by atoms with van der Waals surface area (Å²) in [5.74, 6) is 0. The van der Waals surface area contributed by atoms with Crippen LogP contribution in [0.3, 0.4) is 0 Å². The lowest BCUT2D eigenvalue weighted by molar-refractivity contribution is 0.466. The molecule has 0 spiro atoms. The van der Waals surface area contributed by atoms with Gasteiger partial charge in [-0.25, -0.2) is 0 Å². The van der Waals surface area contributed by atoms with Gasteiger partial charge in [-0.15, -0.1) is 12.4 Å². The van der Waals surface area contributed by atoms with Gasteiger partial charge in [-0.1, -0.05) is 12.1 Å². The Bertz CT molecular complexity index is 446. The van der Waals surface area contributed by atoms with E-state index >= 15 is 0 Å². The van der Waals surface area contributed by atoms with E-state index in [1.54, 1.807) is 0 Å². The largest absolute Gasteiger partial charge is 0.424 e. The van der Waals surface area contributed by atoms with Gasteiger partial charge in [0.2, 0.25) is 0 Å². The second-order valence-electron chi connectivity index (χ2n) is 4.16. The Hall–Kier alpha value is -1.26. The molecule has 17 heavy (non-hydrogen) atoms. The summed E-state index contributed by atoms with van der Waals surface area (Å²) in [6.07, 6.45) is 2.25. The normalized spacial score (nSPS) is 16.7. The number of hydrogen-bond acceptors (Lipinski definition) is 4. The van der Waals surface area contributed by atoms with Crippen LogP contribution in [-0.4, -0.2) is 24.1 Å². The van der Waals surface area contributed by atoms with Crippen LogP contribution in [0.1, 0.15) is 12.8 Å². The third-order valence-corrected chi connectivity index (χ3v) is 2.96. The maximum Gasteiger partial charge on any atom is 0.295 e. The molecule has 0 aliphatic carbocycles. The fraction of sp³-hybridized carbons (Fsp3) is 0.417. The number of para-hydroxylation sites is 2. The average molecular weight is 254 g/mol. The van der Waals surface area contributed by atoms with E-state index in [4.69, 9.17) is 4.42 Å². The lowest BCUT2D eigenvalue weighted by Gasteiger charge is -2.22. The van der Waals surface area contributed by atoms with Gasteiger partial charge >= 0.3 is 0 Å². The number of rotatable bonds is 2. The Morgan fingerprint density at radius 2 is 2.00 bits per heavy atom. The molecule has 0 amide bonds. The van der Waals surface area contributed by atoms with Gasteiger partial charge in [0, 0.05) is 6.04 Å². The fourth-order valence-electron chi connectivity index (χ4n) is 2.07. The topological polar surface area (TPSA) is 50.1 Å². The first kappa shape index (κ1) is 12.2. The van der Waals surface area contributed by atoms with Crippen molar-refractivity contribution in [1.29, 1.82) is 0 Å². The number of anilines is 1. The molecule has 0 radical (unpaired) electrons. The van der Waals surface area contributed by atoms with Gasteiger partial charge in [0.05, 0.1) is 0 Å². The van der Waals surface area contributed by atoms with Gasteiger partial charge in [-0.2, -0.15) is 4.98 Å². The highest BCUT2D eigenvalue weighted by Gasteiger charge is 2.15. The van der Waals surface area contributed by atoms with Gasteiger partial charge in [0.25, 0.3) is 6.01 Å². The zero-order valence-corrected chi connectivity index (χ0v) is 10.3. The first-order valence-corrected chi connectivity index (χ1v) is 5.75. The van der Waals surface area contributed by atoms with Crippen LogP contribution in [-0.2, 0) is 0 Å². The Morgan fingerprint density at radius 3 is 2.76 bits per heavy atom. The summed E-state index contributed by atoms with van der Waals surface area (Å²) in [5, 5.41) is 6.69. The van der Waals surface area contributed by atoms with Crippen molar-refractivity contribution in [3.63, 3.8) is 0 Å². The maximum absolute atomic E-state index is 5.63. The summed E-state index contributed by atoms with van der Waals surface area (Å²) < 4.78 is 5.63. The summed E-state index contributed by atoms with van der Waals surface area (Å²) in [6.45, 7) is 2.13. The molecular weight excluding hydrogens is 238 g/mol. The molecule has 4 nitrogen and oxygen atoms in total. The number of hydrogen-bond donors (Lipinski definition) is 2. The van der Waals surface area contributed by atoms with Crippen LogP contribution in [0.2, 0.25) is 0 Å². The molecule has 1 fully saturated rings. The van der Waals surface area contributed by atoms with Gasteiger partial charge in [0.1, 0.15) is 5.52 Å². The van der Waals surface area contributed by atoms with E-state index in [1.165, 1.54) is 0 Å². The van der Waals surface area contributed by atoms with Crippen molar-refractivity contribution in [3.05, 3.63) is 24.3 Å². The summed E-state index contributed by atoms with van der Waals surface area (Å²) in [4.78, 5) is 4.41. The predicted octanol–water partition coefficient (Wildman–Crippen LogP) is 2.41. The molecule has 2 heterocycles. The number of benzene rings is 1. The summed E-state index contributed by atoms with van der Waals surface area (Å²) >= 11 is 0. The van der Waals surface area contributed by atoms with Gasteiger partial charge in [-0.3, -0.25) is 0 Å². The van der Waals surface area contributed by atoms with E-state index in [9.17, 15) is 0 Å². The van der Waals surface area contributed by atoms with E-state index < -0.39 is 0 Å². The SMILES string of the molecule is Cl.c1ccc2oc(NC3CCNCC3)nc2c1. The van der Waals surface area contributed by atoms with Crippen molar-refractivity contribution in [1.82, 2.24) is 10.3 Å². The number of piperidine rings is 1. The molecule has 1 saturated heterocycles. The van der Waals surface area contributed by atoms with Crippen LogP contribution in [0.5, 0.6) is 0 Å².